The van der Waals surface area contributed by atoms with Crippen molar-refractivity contribution in [1.82, 2.24) is 4.57 Å². The van der Waals surface area contributed by atoms with E-state index in [-0.39, 0.29) is 12.2 Å². The molecule has 1 aliphatic heterocycles. The van der Waals surface area contributed by atoms with Crippen LogP contribution in [0.25, 0.3) is 22.0 Å². The third kappa shape index (κ3) is 4.30. The molecular formula is C29H33N3O3. The maximum Gasteiger partial charge on any atom is 0.414 e. The Morgan fingerprint density at radius 2 is 1.89 bits per heavy atom. The monoisotopic (exact) mass is 471 g/mol. The van der Waals surface area contributed by atoms with Gasteiger partial charge in [0, 0.05) is 35.2 Å². The summed E-state index contributed by atoms with van der Waals surface area (Å²) in [5.74, 6) is 0. The number of amides is 1. The number of carbonyl (C=O) groups excluding carboxylic acids is 1. The highest BCUT2D eigenvalue weighted by Gasteiger charge is 2.31. The molecule has 35 heavy (non-hydrogen) atoms. The molecular weight excluding hydrogens is 438 g/mol. The fourth-order valence-corrected chi connectivity index (χ4v) is 5.57. The molecule has 0 unspecified atom stereocenters. The number of rotatable bonds is 2. The number of benzene rings is 2. The van der Waals surface area contributed by atoms with Gasteiger partial charge in [0.05, 0.1) is 23.4 Å². The number of anilines is 1. The van der Waals surface area contributed by atoms with Crippen molar-refractivity contribution in [2.24, 2.45) is 0 Å². The second-order valence-corrected chi connectivity index (χ2v) is 10.9. The number of nitrogens with zero attached hydrogens (tertiary/aromatic N) is 3. The van der Waals surface area contributed by atoms with Crippen molar-refractivity contribution in [2.45, 2.75) is 77.5 Å². The zero-order chi connectivity index (χ0) is 24.9. The van der Waals surface area contributed by atoms with Crippen molar-refractivity contribution in [3.63, 3.8) is 0 Å². The van der Waals surface area contributed by atoms with Crippen molar-refractivity contribution in [1.29, 1.82) is 5.26 Å². The van der Waals surface area contributed by atoms with Gasteiger partial charge in [-0.1, -0.05) is 12.1 Å². The summed E-state index contributed by atoms with van der Waals surface area (Å²) >= 11 is 0. The lowest BCUT2D eigenvalue weighted by atomic mass is 9.93. The van der Waals surface area contributed by atoms with Crippen molar-refractivity contribution < 1.29 is 14.6 Å². The van der Waals surface area contributed by atoms with Gasteiger partial charge in [0.25, 0.3) is 0 Å². The molecule has 2 heterocycles. The summed E-state index contributed by atoms with van der Waals surface area (Å²) in [5, 5.41) is 20.8. The lowest BCUT2D eigenvalue weighted by Gasteiger charge is -2.27. The van der Waals surface area contributed by atoms with Crippen LogP contribution >= 0.6 is 0 Å². The van der Waals surface area contributed by atoms with Crippen LogP contribution in [0.4, 0.5) is 10.5 Å². The Morgan fingerprint density at radius 1 is 1.14 bits per heavy atom. The fourth-order valence-electron chi connectivity index (χ4n) is 5.57. The number of aryl methyl sites for hydroxylation is 1. The van der Waals surface area contributed by atoms with Gasteiger partial charge >= 0.3 is 6.09 Å². The highest BCUT2D eigenvalue weighted by Crippen LogP contribution is 2.43. The maximum absolute atomic E-state index is 12.9. The van der Waals surface area contributed by atoms with E-state index in [2.05, 4.69) is 29.0 Å². The topological polar surface area (TPSA) is 78.5 Å². The average Bonchev–Trinajstić information content (AvgIpc) is 3.39. The van der Waals surface area contributed by atoms with Crippen LogP contribution in [-0.4, -0.2) is 34.0 Å². The Labute approximate surface area is 206 Å². The maximum atomic E-state index is 12.9. The van der Waals surface area contributed by atoms with Crippen molar-refractivity contribution >= 4 is 22.7 Å². The molecule has 6 nitrogen and oxygen atoms in total. The summed E-state index contributed by atoms with van der Waals surface area (Å²) in [6.45, 7) is 8.21. The average molecular weight is 472 g/mol. The summed E-state index contributed by atoms with van der Waals surface area (Å²) in [5.41, 5.74) is 6.43. The molecule has 5 rings (SSSR count). The van der Waals surface area contributed by atoms with E-state index in [4.69, 9.17) is 4.74 Å². The molecule has 2 aliphatic rings. The molecule has 2 aromatic carbocycles. The predicted octanol–water partition coefficient (Wildman–Crippen LogP) is 6.26. The summed E-state index contributed by atoms with van der Waals surface area (Å²) in [6.07, 6.45) is 5.92. The molecule has 0 atom stereocenters. The largest absolute Gasteiger partial charge is 0.443 e. The molecule has 3 aromatic rings. The minimum Gasteiger partial charge on any atom is -0.443 e. The second kappa shape index (κ2) is 8.73. The van der Waals surface area contributed by atoms with Crippen LogP contribution in [0.3, 0.4) is 0 Å². The number of hydrogen-bond acceptors (Lipinski definition) is 4. The standard InChI is InChI=1S/C29H33N3O3/c1-18-14-27-24(15-19(18)16-30)25(17-32(27)20-8-10-21(33)11-9-20)22-6-5-7-26-23(22)12-13-31(26)28(34)35-29(2,3)4/h5-7,14-15,17,20-21,33H,8-13H2,1-4H3. The van der Waals surface area contributed by atoms with Crippen LogP contribution in [0.1, 0.15) is 69.2 Å². The number of ether oxygens (including phenoxy) is 1. The molecule has 0 bridgehead atoms. The van der Waals surface area contributed by atoms with Crippen LogP contribution in [0.15, 0.2) is 36.5 Å². The zero-order valence-corrected chi connectivity index (χ0v) is 21.0. The van der Waals surface area contributed by atoms with Gasteiger partial charge < -0.3 is 14.4 Å². The minimum atomic E-state index is -0.552. The Bertz CT molecular complexity index is 1330. The second-order valence-electron chi connectivity index (χ2n) is 10.9. The van der Waals surface area contributed by atoms with Gasteiger partial charge in [0.2, 0.25) is 0 Å². The number of nitriles is 1. The number of aliphatic hydroxyl groups excluding tert-OH is 1. The molecule has 0 spiro atoms. The Balaban J connectivity index is 1.63. The SMILES string of the molecule is Cc1cc2c(cc1C#N)c(-c1cccc3c1CCN3C(=O)OC(C)(C)C)cn2C1CCC(O)CC1. The van der Waals surface area contributed by atoms with E-state index < -0.39 is 5.60 Å². The molecule has 6 heteroatoms. The van der Waals surface area contributed by atoms with Gasteiger partial charge in [0.1, 0.15) is 5.60 Å². The number of hydrogen-bond donors (Lipinski definition) is 1. The summed E-state index contributed by atoms with van der Waals surface area (Å²) in [6, 6.07) is 12.9. The summed E-state index contributed by atoms with van der Waals surface area (Å²) < 4.78 is 8.01. The summed E-state index contributed by atoms with van der Waals surface area (Å²) in [4.78, 5) is 14.6. The molecule has 0 radical (unpaired) electrons. The molecule has 182 valence electrons. The number of fused-ring (bicyclic) bond motifs is 2. The third-order valence-corrected chi connectivity index (χ3v) is 7.29. The van der Waals surface area contributed by atoms with E-state index in [1.165, 1.54) is 0 Å². The first kappa shape index (κ1) is 23.4. The highest BCUT2D eigenvalue weighted by atomic mass is 16.6. The number of carbonyl (C=O) groups is 1. The Kier molecular flexibility index (Phi) is 5.85. The van der Waals surface area contributed by atoms with Gasteiger partial charge in [0.15, 0.2) is 0 Å². The molecule has 1 amide bonds. The first-order chi connectivity index (χ1) is 16.7. The lowest BCUT2D eigenvalue weighted by Crippen LogP contribution is -2.35. The zero-order valence-electron chi connectivity index (χ0n) is 21.0. The number of aromatic nitrogens is 1. The predicted molar refractivity (Wildman–Crippen MR) is 138 cm³/mol. The normalized spacial score (nSPS) is 20.1. The van der Waals surface area contributed by atoms with Gasteiger partial charge in [-0.3, -0.25) is 4.90 Å². The molecule has 1 fully saturated rings. The van der Waals surface area contributed by atoms with E-state index in [0.29, 0.717) is 18.2 Å². The van der Waals surface area contributed by atoms with Crippen molar-refractivity contribution in [2.75, 3.05) is 11.4 Å². The highest BCUT2D eigenvalue weighted by molar-refractivity contribution is 6.01. The minimum absolute atomic E-state index is 0.212. The fraction of sp³-hybridized carbons (Fsp3) is 0.448. The van der Waals surface area contributed by atoms with Gasteiger partial charge in [-0.05, 0) is 94.7 Å². The van der Waals surface area contributed by atoms with E-state index in [0.717, 1.165) is 70.9 Å². The van der Waals surface area contributed by atoms with Crippen molar-refractivity contribution in [3.8, 4) is 17.2 Å². The van der Waals surface area contributed by atoms with Gasteiger partial charge in [-0.2, -0.15) is 5.26 Å². The van der Waals surface area contributed by atoms with Crippen LogP contribution < -0.4 is 4.90 Å². The summed E-state index contributed by atoms with van der Waals surface area (Å²) in [7, 11) is 0. The Hall–Kier alpha value is -3.30. The number of aliphatic hydroxyl groups is 1. The van der Waals surface area contributed by atoms with Gasteiger partial charge in [-0.15, -0.1) is 0 Å². The third-order valence-electron chi connectivity index (χ3n) is 7.29. The van der Waals surface area contributed by atoms with Crippen LogP contribution in [0, 0.1) is 18.3 Å². The van der Waals surface area contributed by atoms with Crippen LogP contribution in [0.5, 0.6) is 0 Å². The van der Waals surface area contributed by atoms with Crippen molar-refractivity contribution in [3.05, 3.63) is 53.2 Å². The van der Waals surface area contributed by atoms with E-state index >= 15 is 0 Å². The molecule has 1 saturated carbocycles. The molecule has 1 aromatic heterocycles. The molecule has 1 aliphatic carbocycles. The van der Waals surface area contributed by atoms with E-state index in [9.17, 15) is 15.2 Å². The first-order valence-electron chi connectivity index (χ1n) is 12.5. The quantitative estimate of drug-likeness (QED) is 0.478. The molecule has 0 saturated heterocycles. The molecule has 1 N–H and O–H groups in total. The first-order valence-corrected chi connectivity index (χ1v) is 12.5. The van der Waals surface area contributed by atoms with Crippen LogP contribution in [0.2, 0.25) is 0 Å². The van der Waals surface area contributed by atoms with Gasteiger partial charge in [-0.25, -0.2) is 4.79 Å². The smallest absolute Gasteiger partial charge is 0.414 e. The van der Waals surface area contributed by atoms with E-state index in [1.54, 1.807) is 4.90 Å². The lowest BCUT2D eigenvalue weighted by molar-refractivity contribution is 0.0584. The Morgan fingerprint density at radius 3 is 2.57 bits per heavy atom. The van der Waals surface area contributed by atoms with E-state index in [1.807, 2.05) is 45.9 Å². The van der Waals surface area contributed by atoms with Crippen LogP contribution in [-0.2, 0) is 11.2 Å².